The third-order valence-corrected chi connectivity index (χ3v) is 2.81. The van der Waals surface area contributed by atoms with Crippen molar-refractivity contribution in [2.75, 3.05) is 5.73 Å². The van der Waals surface area contributed by atoms with Crippen LogP contribution in [-0.4, -0.2) is 26.1 Å². The number of pyridine rings is 1. The minimum atomic E-state index is -0.346. The fraction of sp³-hybridized carbons (Fsp3) is 0.333. The summed E-state index contributed by atoms with van der Waals surface area (Å²) in [5.74, 6) is -0.196. The molecule has 0 fully saturated rings. The summed E-state index contributed by atoms with van der Waals surface area (Å²) in [6, 6.07) is 3.66. The predicted octanol–water partition coefficient (Wildman–Crippen LogP) is 0.971. The number of nitrogens with zero attached hydrogens (tertiary/aromatic N) is 3. The van der Waals surface area contributed by atoms with Gasteiger partial charge in [-0.1, -0.05) is 13.0 Å². The molecule has 0 unspecified atom stereocenters. The van der Waals surface area contributed by atoms with Gasteiger partial charge >= 0.3 is 0 Å². The van der Waals surface area contributed by atoms with Gasteiger partial charge in [0, 0.05) is 6.20 Å². The molecule has 7 heteroatoms. The van der Waals surface area contributed by atoms with Crippen molar-refractivity contribution in [1.82, 2.24) is 25.5 Å². The number of nitrogen functional groups attached to an aromatic ring is 1. The van der Waals surface area contributed by atoms with Crippen molar-refractivity contribution in [1.29, 1.82) is 0 Å². The molecule has 0 aliphatic heterocycles. The SMILES string of the molecule is CC[C@@H](NC(=O)c1nc(N)n[nH]1)c1ncccc1C. The molecule has 0 radical (unpaired) electrons. The van der Waals surface area contributed by atoms with Gasteiger partial charge in [-0.05, 0) is 25.0 Å². The smallest absolute Gasteiger partial charge is 0.289 e. The highest BCUT2D eigenvalue weighted by Crippen LogP contribution is 2.17. The Labute approximate surface area is 110 Å². The highest BCUT2D eigenvalue weighted by atomic mass is 16.2. The van der Waals surface area contributed by atoms with E-state index in [1.165, 1.54) is 0 Å². The molecule has 2 heterocycles. The first kappa shape index (κ1) is 13.0. The summed E-state index contributed by atoms with van der Waals surface area (Å²) in [5, 5.41) is 8.97. The van der Waals surface area contributed by atoms with E-state index in [4.69, 9.17) is 5.73 Å². The molecule has 2 rings (SSSR count). The standard InChI is InChI=1S/C12H16N6O/c1-3-8(9-7(2)5-4-6-14-9)15-11(19)10-16-12(13)18-17-10/h4-6,8H,3H2,1-2H3,(H,15,19)(H3,13,16,17,18)/t8-/m1/s1. The lowest BCUT2D eigenvalue weighted by molar-refractivity contribution is 0.0924. The number of aromatic nitrogens is 4. The summed E-state index contributed by atoms with van der Waals surface area (Å²) < 4.78 is 0. The van der Waals surface area contributed by atoms with Gasteiger partial charge in [-0.3, -0.25) is 14.9 Å². The molecule has 0 saturated heterocycles. The molecule has 0 aromatic carbocycles. The van der Waals surface area contributed by atoms with Crippen LogP contribution in [0.4, 0.5) is 5.95 Å². The zero-order valence-electron chi connectivity index (χ0n) is 10.8. The highest BCUT2D eigenvalue weighted by Gasteiger charge is 2.18. The molecule has 19 heavy (non-hydrogen) atoms. The molecule has 7 nitrogen and oxygen atoms in total. The lowest BCUT2D eigenvalue weighted by Gasteiger charge is -2.17. The van der Waals surface area contributed by atoms with Crippen molar-refractivity contribution in [3.63, 3.8) is 0 Å². The van der Waals surface area contributed by atoms with E-state index < -0.39 is 0 Å². The number of amides is 1. The third-order valence-electron chi connectivity index (χ3n) is 2.81. The largest absolute Gasteiger partial charge is 0.366 e. The van der Waals surface area contributed by atoms with Crippen molar-refractivity contribution in [3.05, 3.63) is 35.4 Å². The number of hydrogen-bond acceptors (Lipinski definition) is 5. The highest BCUT2D eigenvalue weighted by molar-refractivity contribution is 5.90. The van der Waals surface area contributed by atoms with E-state index in [1.807, 2.05) is 26.0 Å². The molecule has 2 aromatic heterocycles. The van der Waals surface area contributed by atoms with Gasteiger partial charge in [0.15, 0.2) is 0 Å². The quantitative estimate of drug-likeness (QED) is 0.758. The van der Waals surface area contributed by atoms with Crippen molar-refractivity contribution >= 4 is 11.9 Å². The lowest BCUT2D eigenvalue weighted by atomic mass is 10.1. The summed E-state index contributed by atoms with van der Waals surface area (Å²) in [6.07, 6.45) is 2.44. The van der Waals surface area contributed by atoms with Crippen LogP contribution in [0.15, 0.2) is 18.3 Å². The van der Waals surface area contributed by atoms with E-state index in [9.17, 15) is 4.79 Å². The van der Waals surface area contributed by atoms with Crippen LogP contribution in [0.5, 0.6) is 0 Å². The zero-order valence-corrected chi connectivity index (χ0v) is 10.8. The Morgan fingerprint density at radius 2 is 2.37 bits per heavy atom. The van der Waals surface area contributed by atoms with Crippen molar-refractivity contribution < 1.29 is 4.79 Å². The van der Waals surface area contributed by atoms with Crippen LogP contribution in [0.2, 0.25) is 0 Å². The van der Waals surface area contributed by atoms with Gasteiger partial charge < -0.3 is 11.1 Å². The molecule has 0 spiro atoms. The molecule has 0 saturated carbocycles. The molecule has 1 atom stereocenters. The fourth-order valence-electron chi connectivity index (χ4n) is 1.83. The van der Waals surface area contributed by atoms with Crippen LogP contribution in [0.1, 0.15) is 41.3 Å². The van der Waals surface area contributed by atoms with Crippen LogP contribution in [0, 0.1) is 6.92 Å². The van der Waals surface area contributed by atoms with Crippen molar-refractivity contribution in [3.8, 4) is 0 Å². The molecule has 4 N–H and O–H groups in total. The van der Waals surface area contributed by atoms with Gasteiger partial charge in [0.1, 0.15) is 0 Å². The van der Waals surface area contributed by atoms with E-state index in [0.29, 0.717) is 0 Å². The average Bonchev–Trinajstić information content (AvgIpc) is 2.83. The zero-order chi connectivity index (χ0) is 13.8. The van der Waals surface area contributed by atoms with Gasteiger partial charge in [-0.2, -0.15) is 4.98 Å². The molecule has 0 aliphatic carbocycles. The molecule has 1 amide bonds. The Kier molecular flexibility index (Phi) is 3.74. The number of nitrogens with one attached hydrogen (secondary N) is 2. The number of hydrogen-bond donors (Lipinski definition) is 3. The summed E-state index contributed by atoms with van der Waals surface area (Å²) in [4.78, 5) is 20.1. The first-order valence-electron chi connectivity index (χ1n) is 6.02. The number of aromatic amines is 1. The Hall–Kier alpha value is -2.44. The number of H-pyrrole nitrogens is 1. The molecular formula is C12H16N6O. The van der Waals surface area contributed by atoms with Crippen LogP contribution in [0.25, 0.3) is 0 Å². The Morgan fingerprint density at radius 1 is 1.58 bits per heavy atom. The number of rotatable bonds is 4. The maximum absolute atomic E-state index is 12.0. The van der Waals surface area contributed by atoms with Crippen LogP contribution < -0.4 is 11.1 Å². The van der Waals surface area contributed by atoms with Crippen LogP contribution >= 0.6 is 0 Å². The first-order valence-corrected chi connectivity index (χ1v) is 6.02. The van der Waals surface area contributed by atoms with E-state index in [1.54, 1.807) is 6.20 Å². The van der Waals surface area contributed by atoms with Crippen LogP contribution in [0.3, 0.4) is 0 Å². The summed E-state index contributed by atoms with van der Waals surface area (Å²) in [7, 11) is 0. The average molecular weight is 260 g/mol. The Balaban J connectivity index is 2.16. The van der Waals surface area contributed by atoms with Crippen molar-refractivity contribution in [2.24, 2.45) is 0 Å². The predicted molar refractivity (Wildman–Crippen MR) is 70.3 cm³/mol. The maximum Gasteiger partial charge on any atom is 0.289 e. The van der Waals surface area contributed by atoms with Crippen LogP contribution in [-0.2, 0) is 0 Å². The Morgan fingerprint density at radius 3 is 2.95 bits per heavy atom. The topological polar surface area (TPSA) is 110 Å². The molecule has 0 aliphatic rings. The van der Waals surface area contributed by atoms with E-state index >= 15 is 0 Å². The van der Waals surface area contributed by atoms with Gasteiger partial charge in [0.05, 0.1) is 11.7 Å². The fourth-order valence-corrected chi connectivity index (χ4v) is 1.83. The van der Waals surface area contributed by atoms with Crippen molar-refractivity contribution in [2.45, 2.75) is 26.3 Å². The third kappa shape index (κ3) is 2.87. The molecule has 2 aromatic rings. The molecule has 0 bridgehead atoms. The second kappa shape index (κ2) is 5.47. The normalized spacial score (nSPS) is 12.1. The van der Waals surface area contributed by atoms with E-state index in [-0.39, 0.29) is 23.7 Å². The Bertz CT molecular complexity index is 579. The summed E-state index contributed by atoms with van der Waals surface area (Å²) in [5.41, 5.74) is 7.26. The second-order valence-corrected chi connectivity index (χ2v) is 4.18. The summed E-state index contributed by atoms with van der Waals surface area (Å²) in [6.45, 7) is 3.94. The van der Waals surface area contributed by atoms with Gasteiger partial charge in [-0.15, -0.1) is 5.10 Å². The maximum atomic E-state index is 12.0. The minimum absolute atomic E-state index is 0.0483. The minimum Gasteiger partial charge on any atom is -0.366 e. The van der Waals surface area contributed by atoms with Gasteiger partial charge in [0.25, 0.3) is 5.91 Å². The van der Waals surface area contributed by atoms with Gasteiger partial charge in [-0.25, -0.2) is 0 Å². The summed E-state index contributed by atoms with van der Waals surface area (Å²) >= 11 is 0. The number of carbonyl (C=O) groups is 1. The first-order chi connectivity index (χ1) is 9.11. The number of aryl methyl sites for hydroxylation is 1. The number of nitrogens with two attached hydrogens (primary N) is 1. The molecular weight excluding hydrogens is 244 g/mol. The monoisotopic (exact) mass is 260 g/mol. The van der Waals surface area contributed by atoms with E-state index in [2.05, 4.69) is 25.5 Å². The van der Waals surface area contributed by atoms with Gasteiger partial charge in [0.2, 0.25) is 11.8 Å². The second-order valence-electron chi connectivity index (χ2n) is 4.18. The molecule has 100 valence electrons. The number of carbonyl (C=O) groups excluding carboxylic acids is 1. The number of anilines is 1. The van der Waals surface area contributed by atoms with E-state index in [0.717, 1.165) is 17.7 Å². The lowest BCUT2D eigenvalue weighted by Crippen LogP contribution is -2.30.